The highest BCUT2D eigenvalue weighted by Crippen LogP contribution is 2.34. The number of nitrogens with one attached hydrogen (secondary N) is 1. The Morgan fingerprint density at radius 3 is 2.44 bits per heavy atom. The number of imidazole rings is 1. The van der Waals surface area contributed by atoms with Crippen LogP contribution in [-0.2, 0) is 39.9 Å². The van der Waals surface area contributed by atoms with Crippen LogP contribution in [0.25, 0.3) is 0 Å². The van der Waals surface area contributed by atoms with E-state index >= 15 is 0 Å². The van der Waals surface area contributed by atoms with Crippen LogP contribution in [-0.4, -0.2) is 51.7 Å². The number of benzene rings is 1. The third-order valence-electron chi connectivity index (χ3n) is 6.39. The normalized spacial score (nSPS) is 15.4. The van der Waals surface area contributed by atoms with Crippen molar-refractivity contribution in [1.29, 1.82) is 0 Å². The van der Waals surface area contributed by atoms with Gasteiger partial charge in [-0.3, -0.25) is 11.3 Å². The zero-order valence-electron chi connectivity index (χ0n) is 23.1. The number of carbonyl (C=O) groups is 1. The van der Waals surface area contributed by atoms with Gasteiger partial charge in [-0.1, -0.05) is 6.58 Å². The largest absolute Gasteiger partial charge is 0.449 e. The van der Waals surface area contributed by atoms with Crippen LogP contribution in [0.15, 0.2) is 24.4 Å². The fourth-order valence-corrected chi connectivity index (χ4v) is 4.62. The highest BCUT2D eigenvalue weighted by atomic mass is 19.4. The minimum Gasteiger partial charge on any atom is -0.431 e. The van der Waals surface area contributed by atoms with Gasteiger partial charge in [0, 0.05) is 43.9 Å². The number of aromatic nitrogens is 2. The molecular weight excluding hydrogens is 560 g/mol. The Kier molecular flexibility index (Phi) is 10.1. The van der Waals surface area contributed by atoms with Gasteiger partial charge >= 0.3 is 12.1 Å². The van der Waals surface area contributed by atoms with Gasteiger partial charge in [-0.15, -0.1) is 0 Å². The number of halogens is 6. The highest BCUT2D eigenvalue weighted by molar-refractivity contribution is 5.89. The molecule has 1 unspecified atom stereocenters. The number of hydrogen-bond donors (Lipinski definition) is 2. The summed E-state index contributed by atoms with van der Waals surface area (Å²) in [4.78, 5) is 18.2. The minimum atomic E-state index is -4.84. The summed E-state index contributed by atoms with van der Waals surface area (Å²) in [6.07, 6.45) is -6.06. The van der Waals surface area contributed by atoms with E-state index in [2.05, 4.69) is 17.0 Å². The molecule has 0 saturated carbocycles. The van der Waals surface area contributed by atoms with E-state index in [0.717, 1.165) is 10.6 Å². The van der Waals surface area contributed by atoms with Gasteiger partial charge in [0.1, 0.15) is 5.82 Å². The third kappa shape index (κ3) is 7.99. The number of nitrogens with two attached hydrogens (primary N) is 1. The molecule has 9 nitrogen and oxygen atoms in total. The smallest absolute Gasteiger partial charge is 0.431 e. The van der Waals surface area contributed by atoms with Crippen molar-refractivity contribution in [2.24, 2.45) is 5.84 Å². The highest BCUT2D eigenvalue weighted by Gasteiger charge is 2.42. The first-order valence-electron chi connectivity index (χ1n) is 12.8. The van der Waals surface area contributed by atoms with Crippen molar-refractivity contribution in [2.45, 2.75) is 77.9 Å². The second-order valence-corrected chi connectivity index (χ2v) is 9.92. The zero-order valence-corrected chi connectivity index (χ0v) is 23.1. The number of esters is 1. The van der Waals surface area contributed by atoms with Crippen molar-refractivity contribution in [1.82, 2.24) is 19.9 Å². The van der Waals surface area contributed by atoms with Crippen LogP contribution < -0.4 is 11.3 Å². The average molecular weight is 594 g/mol. The van der Waals surface area contributed by atoms with Crippen molar-refractivity contribution < 1.29 is 45.3 Å². The lowest BCUT2D eigenvalue weighted by Gasteiger charge is -2.34. The second kappa shape index (κ2) is 12.8. The molecule has 1 aliphatic rings. The van der Waals surface area contributed by atoms with Gasteiger partial charge in [-0.2, -0.15) is 13.2 Å². The van der Waals surface area contributed by atoms with E-state index in [9.17, 15) is 31.1 Å². The number of carbonyl (C=O) groups excluding carboxylic acids is 1. The maximum absolute atomic E-state index is 14.2. The maximum atomic E-state index is 14.2. The average Bonchev–Trinajstić information content (AvgIpc) is 3.26. The molecule has 2 heterocycles. The van der Waals surface area contributed by atoms with E-state index in [1.165, 1.54) is 6.92 Å². The summed E-state index contributed by atoms with van der Waals surface area (Å²) in [6, 6.07) is 0.477. The van der Waals surface area contributed by atoms with Gasteiger partial charge in [0.05, 0.1) is 12.2 Å². The summed E-state index contributed by atoms with van der Waals surface area (Å²) in [5.41, 5.74) is 2.16. The summed E-state index contributed by atoms with van der Waals surface area (Å²) in [5.74, 6) is -1.40. The van der Waals surface area contributed by atoms with Crippen LogP contribution in [0.2, 0.25) is 0 Å². The number of hydrogen-bond acceptors (Lipinski definition) is 8. The van der Waals surface area contributed by atoms with E-state index in [4.69, 9.17) is 20.1 Å². The molecule has 3 rings (SSSR count). The lowest BCUT2D eigenvalue weighted by Crippen LogP contribution is -2.41. The molecule has 228 valence electrons. The van der Waals surface area contributed by atoms with Gasteiger partial charge in [0.25, 0.3) is 0 Å². The van der Waals surface area contributed by atoms with E-state index in [1.54, 1.807) is 25.7 Å². The summed E-state index contributed by atoms with van der Waals surface area (Å²) in [7, 11) is 0. The SMILES string of the molecule is C=C(C[C@@H](Cc1cc(F)c(F)cc1F)NN)N1CCn2c(C(F)(F)F)nc(C(=O)OC(C)OC(C)(C)OCC)c2C1. The lowest BCUT2D eigenvalue weighted by molar-refractivity contribution is -0.273. The van der Waals surface area contributed by atoms with Crippen LogP contribution in [0.4, 0.5) is 26.3 Å². The summed E-state index contributed by atoms with van der Waals surface area (Å²) >= 11 is 0. The maximum Gasteiger partial charge on any atom is 0.449 e. The predicted octanol–water partition coefficient (Wildman–Crippen LogP) is 4.41. The lowest BCUT2D eigenvalue weighted by atomic mass is 10.0. The molecule has 3 N–H and O–H groups in total. The topological polar surface area (TPSA) is 104 Å². The quantitative estimate of drug-likeness (QED) is 0.0933. The summed E-state index contributed by atoms with van der Waals surface area (Å²) in [6.45, 7) is 10.3. The molecule has 1 aromatic heterocycles. The van der Waals surface area contributed by atoms with Gasteiger partial charge in [0.2, 0.25) is 12.1 Å². The number of ether oxygens (including phenoxy) is 3. The number of hydrazine groups is 1. The Morgan fingerprint density at radius 2 is 1.83 bits per heavy atom. The Labute approximate surface area is 233 Å². The summed E-state index contributed by atoms with van der Waals surface area (Å²) in [5, 5.41) is 0. The molecule has 0 amide bonds. The van der Waals surface area contributed by atoms with Crippen LogP contribution >= 0.6 is 0 Å². The molecule has 0 saturated heterocycles. The number of nitrogens with zero attached hydrogens (tertiary/aromatic N) is 3. The zero-order chi connectivity index (χ0) is 30.7. The van der Waals surface area contributed by atoms with Crippen molar-refractivity contribution in [3.63, 3.8) is 0 Å². The van der Waals surface area contributed by atoms with E-state index in [-0.39, 0.29) is 43.7 Å². The first-order valence-corrected chi connectivity index (χ1v) is 12.8. The predicted molar refractivity (Wildman–Crippen MR) is 134 cm³/mol. The molecule has 2 atom stereocenters. The molecule has 0 bridgehead atoms. The Morgan fingerprint density at radius 1 is 1.17 bits per heavy atom. The standard InChI is InChI=1S/C26H33F6N5O4/c1-6-39-25(4,5)41-15(3)40-23(38)22-21-13-36(7-8-37(21)24(34-22)26(30,31)32)14(2)9-17(35-33)10-16-11-19(28)20(29)12-18(16)27/h11-12,15,17,35H,2,6-10,13,33H2,1,3-5H3/t15?,17-/m0/s1. The molecular formula is C26H33F6N5O4. The van der Waals surface area contributed by atoms with Gasteiger partial charge in [-0.05, 0) is 45.7 Å². The Bertz CT molecular complexity index is 1270. The molecule has 0 fully saturated rings. The van der Waals surface area contributed by atoms with Crippen molar-refractivity contribution in [3.05, 3.63) is 64.6 Å². The van der Waals surface area contributed by atoms with Crippen LogP contribution in [0.5, 0.6) is 0 Å². The fraction of sp³-hybridized carbons (Fsp3) is 0.538. The van der Waals surface area contributed by atoms with Gasteiger partial charge < -0.3 is 23.7 Å². The minimum absolute atomic E-state index is 0.0464. The van der Waals surface area contributed by atoms with E-state index < -0.39 is 59.2 Å². The second-order valence-electron chi connectivity index (χ2n) is 9.92. The monoisotopic (exact) mass is 593 g/mol. The van der Waals surface area contributed by atoms with Crippen molar-refractivity contribution >= 4 is 5.97 Å². The number of alkyl halides is 3. The summed E-state index contributed by atoms with van der Waals surface area (Å²) < 4.78 is 99.5. The van der Waals surface area contributed by atoms with Crippen LogP contribution in [0.1, 0.15) is 61.7 Å². The Balaban J connectivity index is 1.79. The molecule has 2 aromatic rings. The van der Waals surface area contributed by atoms with E-state index in [0.29, 0.717) is 18.4 Å². The molecule has 15 heteroatoms. The molecule has 0 radical (unpaired) electrons. The molecule has 1 aliphatic heterocycles. The van der Waals surface area contributed by atoms with Crippen molar-refractivity contribution in [2.75, 3.05) is 13.2 Å². The molecule has 0 aliphatic carbocycles. The first kappa shape index (κ1) is 32.4. The van der Waals surface area contributed by atoms with Crippen LogP contribution in [0, 0.1) is 17.5 Å². The molecule has 1 aromatic carbocycles. The number of rotatable bonds is 12. The first-order chi connectivity index (χ1) is 19.1. The van der Waals surface area contributed by atoms with Gasteiger partial charge in [0.15, 0.2) is 23.1 Å². The Hall–Kier alpha value is -3.14. The van der Waals surface area contributed by atoms with Gasteiger partial charge in [-0.25, -0.2) is 22.9 Å². The number of fused-ring (bicyclic) bond motifs is 1. The van der Waals surface area contributed by atoms with Crippen molar-refractivity contribution in [3.8, 4) is 0 Å². The van der Waals surface area contributed by atoms with Crippen LogP contribution in [0.3, 0.4) is 0 Å². The van der Waals surface area contributed by atoms with E-state index in [1.807, 2.05) is 0 Å². The third-order valence-corrected chi connectivity index (χ3v) is 6.39. The molecule has 41 heavy (non-hydrogen) atoms. The molecule has 0 spiro atoms. The fourth-order valence-electron chi connectivity index (χ4n) is 4.62.